The molecule has 2 aromatic rings. The van der Waals surface area contributed by atoms with Gasteiger partial charge in [0.25, 0.3) is 5.91 Å². The topological polar surface area (TPSA) is 53.4 Å². The summed E-state index contributed by atoms with van der Waals surface area (Å²) in [4.78, 5) is 16.8. The Kier molecular flexibility index (Phi) is 5.38. The molecule has 1 atom stereocenters. The lowest BCUT2D eigenvalue weighted by atomic mass is 10.1. The molecule has 0 radical (unpaired) electrons. The first kappa shape index (κ1) is 17.5. The van der Waals surface area contributed by atoms with Crippen LogP contribution in [0.25, 0.3) is 0 Å². The van der Waals surface area contributed by atoms with Gasteiger partial charge in [-0.25, -0.2) is 0 Å². The van der Waals surface area contributed by atoms with Gasteiger partial charge in [0.1, 0.15) is 0 Å². The van der Waals surface area contributed by atoms with E-state index in [-0.39, 0.29) is 5.91 Å². The molecule has 25 heavy (non-hydrogen) atoms. The average Bonchev–Trinajstić information content (AvgIpc) is 3.22. The van der Waals surface area contributed by atoms with E-state index in [2.05, 4.69) is 58.6 Å². The highest BCUT2D eigenvalue weighted by atomic mass is 16.1. The van der Waals surface area contributed by atoms with Crippen molar-refractivity contribution in [3.05, 3.63) is 47.8 Å². The molecule has 0 unspecified atom stereocenters. The fraction of sp³-hybridized carbons (Fsp3) is 0.474. The monoisotopic (exact) mass is 341 g/mol. The van der Waals surface area contributed by atoms with Gasteiger partial charge in [0.2, 0.25) is 0 Å². The third-order valence-corrected chi connectivity index (χ3v) is 4.78. The molecule has 0 spiro atoms. The van der Waals surface area contributed by atoms with Crippen LogP contribution in [0.15, 0.2) is 36.7 Å². The van der Waals surface area contributed by atoms with Gasteiger partial charge in [0, 0.05) is 52.2 Å². The Morgan fingerprint density at radius 1 is 1.40 bits per heavy atom. The number of rotatable bonds is 6. The first-order chi connectivity index (χ1) is 12.0. The van der Waals surface area contributed by atoms with E-state index in [1.54, 1.807) is 17.1 Å². The normalized spacial score (nSPS) is 17.6. The highest BCUT2D eigenvalue weighted by molar-refractivity contribution is 5.93. The highest BCUT2D eigenvalue weighted by Gasteiger charge is 2.25. The minimum Gasteiger partial charge on any atom is -0.378 e. The lowest BCUT2D eigenvalue weighted by Gasteiger charge is -2.25. The third kappa shape index (κ3) is 4.39. The van der Waals surface area contributed by atoms with Crippen LogP contribution < -0.4 is 10.2 Å². The van der Waals surface area contributed by atoms with E-state index < -0.39 is 0 Å². The average molecular weight is 341 g/mol. The first-order valence-electron chi connectivity index (χ1n) is 8.80. The highest BCUT2D eigenvalue weighted by Crippen LogP contribution is 2.21. The Labute approximate surface area is 149 Å². The lowest BCUT2D eigenvalue weighted by Crippen LogP contribution is -2.39. The van der Waals surface area contributed by atoms with Gasteiger partial charge in [-0.15, -0.1) is 0 Å². The molecular formula is C19H27N5O. The molecule has 1 aromatic heterocycles. The Morgan fingerprint density at radius 3 is 2.96 bits per heavy atom. The fourth-order valence-corrected chi connectivity index (χ4v) is 3.35. The molecule has 0 bridgehead atoms. The van der Waals surface area contributed by atoms with Crippen LogP contribution in [0, 0.1) is 0 Å². The molecule has 2 heterocycles. The predicted octanol–water partition coefficient (Wildman–Crippen LogP) is 1.88. The number of aromatic nitrogens is 2. The van der Waals surface area contributed by atoms with Gasteiger partial charge in [0.15, 0.2) is 0 Å². The Morgan fingerprint density at radius 2 is 2.24 bits per heavy atom. The maximum absolute atomic E-state index is 12.2. The van der Waals surface area contributed by atoms with E-state index in [0.29, 0.717) is 18.2 Å². The molecule has 3 rings (SSSR count). The number of carbonyl (C=O) groups excluding carboxylic acids is 1. The molecule has 1 saturated heterocycles. The Hall–Kier alpha value is -2.34. The van der Waals surface area contributed by atoms with Crippen LogP contribution in [0.4, 0.5) is 5.69 Å². The summed E-state index contributed by atoms with van der Waals surface area (Å²) < 4.78 is 1.65. The maximum Gasteiger partial charge on any atom is 0.254 e. The summed E-state index contributed by atoms with van der Waals surface area (Å²) in [5.41, 5.74) is 3.15. The van der Waals surface area contributed by atoms with Crippen molar-refractivity contribution in [1.82, 2.24) is 20.0 Å². The zero-order chi connectivity index (χ0) is 17.8. The quantitative estimate of drug-likeness (QED) is 0.872. The second-order valence-corrected chi connectivity index (χ2v) is 6.94. The maximum atomic E-state index is 12.2. The van der Waals surface area contributed by atoms with Gasteiger partial charge in [0.05, 0.1) is 11.8 Å². The van der Waals surface area contributed by atoms with Gasteiger partial charge in [-0.2, -0.15) is 5.10 Å². The van der Waals surface area contributed by atoms with Gasteiger partial charge in [-0.3, -0.25) is 14.4 Å². The van der Waals surface area contributed by atoms with Crippen LogP contribution in [0.3, 0.4) is 0 Å². The third-order valence-electron chi connectivity index (χ3n) is 4.78. The molecule has 1 aliphatic heterocycles. The number of nitrogens with one attached hydrogen (secondary N) is 1. The van der Waals surface area contributed by atoms with Gasteiger partial charge in [-0.1, -0.05) is 12.1 Å². The zero-order valence-corrected chi connectivity index (χ0v) is 15.3. The zero-order valence-electron chi connectivity index (χ0n) is 15.3. The van der Waals surface area contributed by atoms with Crippen molar-refractivity contribution in [2.24, 2.45) is 7.05 Å². The van der Waals surface area contributed by atoms with Gasteiger partial charge >= 0.3 is 0 Å². The van der Waals surface area contributed by atoms with Crippen molar-refractivity contribution in [3.63, 3.8) is 0 Å². The van der Waals surface area contributed by atoms with Crippen molar-refractivity contribution < 1.29 is 4.79 Å². The molecule has 1 aromatic carbocycles. The van der Waals surface area contributed by atoms with Crippen molar-refractivity contribution >= 4 is 11.6 Å². The summed E-state index contributed by atoms with van der Waals surface area (Å²) in [5.74, 6) is -0.0467. The van der Waals surface area contributed by atoms with Crippen LogP contribution in [-0.4, -0.2) is 53.8 Å². The number of anilines is 1. The number of likely N-dealkylation sites (tertiary alicyclic amines) is 1. The van der Waals surface area contributed by atoms with E-state index >= 15 is 0 Å². The summed E-state index contributed by atoms with van der Waals surface area (Å²) in [6.45, 7) is 2.69. The summed E-state index contributed by atoms with van der Waals surface area (Å²) >= 11 is 0. The summed E-state index contributed by atoms with van der Waals surface area (Å²) in [5, 5.41) is 7.11. The molecule has 1 N–H and O–H groups in total. The van der Waals surface area contributed by atoms with Crippen LogP contribution in [-0.2, 0) is 13.6 Å². The lowest BCUT2D eigenvalue weighted by molar-refractivity contribution is 0.0939. The van der Waals surface area contributed by atoms with Crippen LogP contribution in [0.5, 0.6) is 0 Å². The van der Waals surface area contributed by atoms with Crippen molar-refractivity contribution in [2.45, 2.75) is 25.4 Å². The second-order valence-electron chi connectivity index (χ2n) is 6.94. The number of carbonyl (C=O) groups is 1. The van der Waals surface area contributed by atoms with Crippen LogP contribution in [0.1, 0.15) is 28.8 Å². The molecule has 1 fully saturated rings. The largest absolute Gasteiger partial charge is 0.378 e. The molecule has 0 aliphatic carbocycles. The van der Waals surface area contributed by atoms with Crippen molar-refractivity contribution in [1.29, 1.82) is 0 Å². The second kappa shape index (κ2) is 7.70. The van der Waals surface area contributed by atoms with Gasteiger partial charge in [-0.05, 0) is 37.1 Å². The molecule has 1 amide bonds. The Bertz CT molecular complexity index is 724. The SMILES string of the molecule is CN(C)c1cccc(CN2CCC[C@@H]2CNC(=O)c2cnn(C)c2)c1. The van der Waals surface area contributed by atoms with Crippen LogP contribution >= 0.6 is 0 Å². The minimum atomic E-state index is -0.0467. The number of aryl methyl sites for hydroxylation is 1. The summed E-state index contributed by atoms with van der Waals surface area (Å²) in [6, 6.07) is 9.04. The van der Waals surface area contributed by atoms with Crippen molar-refractivity contribution in [3.8, 4) is 0 Å². The number of hydrogen-bond donors (Lipinski definition) is 1. The van der Waals surface area contributed by atoms with E-state index in [1.165, 1.54) is 17.7 Å². The van der Waals surface area contributed by atoms with E-state index in [0.717, 1.165) is 19.5 Å². The van der Waals surface area contributed by atoms with Crippen LogP contribution in [0.2, 0.25) is 0 Å². The molecule has 134 valence electrons. The molecule has 0 saturated carbocycles. The first-order valence-corrected chi connectivity index (χ1v) is 8.80. The number of amides is 1. The number of hydrogen-bond acceptors (Lipinski definition) is 4. The Balaban J connectivity index is 1.57. The summed E-state index contributed by atoms with van der Waals surface area (Å²) in [6.07, 6.45) is 5.66. The van der Waals surface area contributed by atoms with E-state index in [9.17, 15) is 4.79 Å². The van der Waals surface area contributed by atoms with E-state index in [1.807, 2.05) is 7.05 Å². The smallest absolute Gasteiger partial charge is 0.254 e. The van der Waals surface area contributed by atoms with Crippen molar-refractivity contribution in [2.75, 3.05) is 32.1 Å². The number of nitrogens with zero attached hydrogens (tertiary/aromatic N) is 4. The standard InChI is InChI=1S/C19H27N5O/c1-22(2)17-7-4-6-15(10-17)13-24-9-5-8-18(24)12-20-19(25)16-11-21-23(3)14-16/h4,6-7,10-11,14,18H,5,8-9,12-13H2,1-3H3,(H,20,25)/t18-/m1/s1. The number of benzene rings is 1. The molecule has 6 heteroatoms. The fourth-order valence-electron chi connectivity index (χ4n) is 3.35. The molecular weight excluding hydrogens is 314 g/mol. The van der Waals surface area contributed by atoms with E-state index in [4.69, 9.17) is 0 Å². The molecule has 6 nitrogen and oxygen atoms in total. The minimum absolute atomic E-state index is 0.0467. The molecule has 1 aliphatic rings. The summed E-state index contributed by atoms with van der Waals surface area (Å²) in [7, 11) is 5.94. The van der Waals surface area contributed by atoms with Gasteiger partial charge < -0.3 is 10.2 Å². The predicted molar refractivity (Wildman–Crippen MR) is 99.7 cm³/mol.